The van der Waals surface area contributed by atoms with Gasteiger partial charge in [-0.3, -0.25) is 0 Å². The van der Waals surface area contributed by atoms with Gasteiger partial charge in [0.1, 0.15) is 0 Å². The third-order valence-corrected chi connectivity index (χ3v) is 2.94. The minimum absolute atomic E-state index is 0.00958. The Kier molecular flexibility index (Phi) is 6.97. The zero-order valence-electron chi connectivity index (χ0n) is 12.1. The van der Waals surface area contributed by atoms with Gasteiger partial charge in [0, 0.05) is 13.1 Å². The molecule has 19 heavy (non-hydrogen) atoms. The number of nitrogens with one attached hydrogen (secondary N) is 1. The average molecular weight is 264 g/mol. The molecule has 4 heteroatoms. The van der Waals surface area contributed by atoms with E-state index >= 15 is 0 Å². The highest BCUT2D eigenvalue weighted by atomic mass is 16.5. The monoisotopic (exact) mass is 264 g/mol. The number of hydrogen-bond acceptors (Lipinski definition) is 2. The second-order valence-electron chi connectivity index (χ2n) is 4.18. The molecule has 0 aromatic heterocycles. The molecule has 1 fully saturated rings. The lowest BCUT2D eigenvalue weighted by atomic mass is 10.1. The number of benzene rings is 1. The van der Waals surface area contributed by atoms with Crippen molar-refractivity contribution in [3.63, 3.8) is 0 Å². The summed E-state index contributed by atoms with van der Waals surface area (Å²) in [5.74, 6) is 0. The Labute approximate surface area is 115 Å². The van der Waals surface area contributed by atoms with Crippen LogP contribution in [0.4, 0.5) is 4.79 Å². The summed E-state index contributed by atoms with van der Waals surface area (Å²) < 4.78 is 5.22. The van der Waals surface area contributed by atoms with Crippen molar-refractivity contribution < 1.29 is 9.53 Å². The van der Waals surface area contributed by atoms with E-state index in [1.54, 1.807) is 4.90 Å². The van der Waals surface area contributed by atoms with E-state index in [1.165, 1.54) is 0 Å². The molecule has 1 atom stereocenters. The molecule has 1 N–H and O–H groups in total. The van der Waals surface area contributed by atoms with Gasteiger partial charge in [-0.05, 0) is 12.5 Å². The number of urea groups is 1. The summed E-state index contributed by atoms with van der Waals surface area (Å²) in [5, 5.41) is 3.00. The number of nitrogens with zero attached hydrogens (tertiary/aromatic N) is 1. The maximum Gasteiger partial charge on any atom is 0.318 e. The topological polar surface area (TPSA) is 41.6 Å². The molecular weight excluding hydrogens is 240 g/mol. The molecule has 2 amide bonds. The molecule has 1 aliphatic heterocycles. The van der Waals surface area contributed by atoms with Gasteiger partial charge in [0.25, 0.3) is 0 Å². The normalized spacial score (nSPS) is 16.1. The van der Waals surface area contributed by atoms with Crippen molar-refractivity contribution in [3.8, 4) is 0 Å². The van der Waals surface area contributed by atoms with E-state index in [0.29, 0.717) is 26.3 Å². The minimum atomic E-state index is -0.00958. The molecule has 0 aliphatic carbocycles. The Hall–Kier alpha value is -1.55. The average Bonchev–Trinajstić information content (AvgIpc) is 2.51. The lowest BCUT2D eigenvalue weighted by Gasteiger charge is -2.28. The van der Waals surface area contributed by atoms with Gasteiger partial charge >= 0.3 is 6.03 Å². The fourth-order valence-corrected chi connectivity index (χ4v) is 1.87. The molecule has 0 saturated carbocycles. The Morgan fingerprint density at radius 2 is 1.79 bits per heavy atom. The fraction of sp³-hybridized carbons (Fsp3) is 0.533. The predicted octanol–water partition coefficient (Wildman–Crippen LogP) is 2.82. The second-order valence-corrected chi connectivity index (χ2v) is 4.18. The zero-order valence-corrected chi connectivity index (χ0v) is 12.1. The van der Waals surface area contributed by atoms with Crippen molar-refractivity contribution in [2.45, 2.75) is 26.8 Å². The summed E-state index contributed by atoms with van der Waals surface area (Å²) in [6.07, 6.45) is 0. The number of hydrogen-bond donors (Lipinski definition) is 1. The van der Waals surface area contributed by atoms with Crippen molar-refractivity contribution >= 4 is 6.03 Å². The van der Waals surface area contributed by atoms with Crippen molar-refractivity contribution in [3.05, 3.63) is 35.9 Å². The first kappa shape index (κ1) is 15.5. The molecule has 1 unspecified atom stereocenters. The van der Waals surface area contributed by atoms with E-state index in [1.807, 2.05) is 51.1 Å². The number of carbonyl (C=O) groups is 1. The summed E-state index contributed by atoms with van der Waals surface area (Å²) in [4.78, 5) is 13.7. The molecule has 0 spiro atoms. The van der Waals surface area contributed by atoms with Gasteiger partial charge in [-0.25, -0.2) is 4.79 Å². The van der Waals surface area contributed by atoms with Crippen LogP contribution in [0.1, 0.15) is 32.4 Å². The molecule has 0 radical (unpaired) electrons. The van der Waals surface area contributed by atoms with Crippen LogP contribution in [-0.4, -0.2) is 37.2 Å². The van der Waals surface area contributed by atoms with E-state index in [0.717, 1.165) is 5.56 Å². The molecule has 1 heterocycles. The van der Waals surface area contributed by atoms with E-state index in [9.17, 15) is 4.79 Å². The third-order valence-electron chi connectivity index (χ3n) is 2.94. The first-order valence-electron chi connectivity index (χ1n) is 6.95. The van der Waals surface area contributed by atoms with E-state index in [2.05, 4.69) is 5.32 Å². The molecular formula is C15H24N2O2. The number of carbonyl (C=O) groups excluding carboxylic acids is 1. The van der Waals surface area contributed by atoms with Crippen LogP contribution >= 0.6 is 0 Å². The van der Waals surface area contributed by atoms with Crippen LogP contribution in [0.5, 0.6) is 0 Å². The van der Waals surface area contributed by atoms with Gasteiger partial charge in [0.05, 0.1) is 19.3 Å². The van der Waals surface area contributed by atoms with E-state index in [4.69, 9.17) is 4.74 Å². The highest BCUT2D eigenvalue weighted by molar-refractivity contribution is 5.74. The molecule has 1 aromatic rings. The van der Waals surface area contributed by atoms with Crippen LogP contribution in [-0.2, 0) is 4.74 Å². The summed E-state index contributed by atoms with van der Waals surface area (Å²) >= 11 is 0. The molecule has 1 saturated heterocycles. The van der Waals surface area contributed by atoms with Crippen molar-refractivity contribution in [1.82, 2.24) is 10.2 Å². The Balaban J connectivity index is 0.000000861. The van der Waals surface area contributed by atoms with Crippen LogP contribution in [0.2, 0.25) is 0 Å². The van der Waals surface area contributed by atoms with Crippen molar-refractivity contribution in [1.29, 1.82) is 0 Å². The first-order valence-corrected chi connectivity index (χ1v) is 6.95. The third kappa shape index (κ3) is 4.91. The summed E-state index contributed by atoms with van der Waals surface area (Å²) in [5.41, 5.74) is 1.12. The van der Waals surface area contributed by atoms with Gasteiger partial charge in [-0.2, -0.15) is 0 Å². The summed E-state index contributed by atoms with van der Waals surface area (Å²) in [7, 11) is 0. The van der Waals surface area contributed by atoms with Crippen LogP contribution in [0, 0.1) is 0 Å². The zero-order chi connectivity index (χ0) is 14.1. The van der Waals surface area contributed by atoms with Gasteiger partial charge < -0.3 is 15.0 Å². The second kappa shape index (κ2) is 8.53. The maximum absolute atomic E-state index is 11.9. The largest absolute Gasteiger partial charge is 0.378 e. The van der Waals surface area contributed by atoms with Crippen LogP contribution in [0.25, 0.3) is 0 Å². The van der Waals surface area contributed by atoms with Gasteiger partial charge in [-0.15, -0.1) is 0 Å². The Morgan fingerprint density at radius 3 is 2.37 bits per heavy atom. The summed E-state index contributed by atoms with van der Waals surface area (Å²) in [6, 6.07) is 9.99. The number of amides is 2. The van der Waals surface area contributed by atoms with Gasteiger partial charge in [0.15, 0.2) is 0 Å². The minimum Gasteiger partial charge on any atom is -0.378 e. The standard InChI is InChI=1S/C13H18N2O2.C2H6/c1-11(12-5-3-2-4-6-12)14-13(16)15-7-9-17-10-8-15;1-2/h2-6,11H,7-10H2,1H3,(H,14,16);1-2H3. The molecule has 1 aromatic carbocycles. The fourth-order valence-electron chi connectivity index (χ4n) is 1.87. The Bertz CT molecular complexity index is 362. The number of rotatable bonds is 2. The SMILES string of the molecule is CC.CC(NC(=O)N1CCOCC1)c1ccccc1. The molecule has 0 bridgehead atoms. The smallest absolute Gasteiger partial charge is 0.318 e. The molecule has 1 aliphatic rings. The van der Waals surface area contributed by atoms with Crippen molar-refractivity contribution in [2.75, 3.05) is 26.3 Å². The molecule has 2 rings (SSSR count). The van der Waals surface area contributed by atoms with Crippen LogP contribution in [0.15, 0.2) is 30.3 Å². The van der Waals surface area contributed by atoms with Crippen LogP contribution in [0.3, 0.4) is 0 Å². The van der Waals surface area contributed by atoms with E-state index in [-0.39, 0.29) is 12.1 Å². The first-order chi connectivity index (χ1) is 9.27. The lowest BCUT2D eigenvalue weighted by molar-refractivity contribution is 0.0526. The number of morpholine rings is 1. The van der Waals surface area contributed by atoms with Gasteiger partial charge in [-0.1, -0.05) is 44.2 Å². The quantitative estimate of drug-likeness (QED) is 0.892. The van der Waals surface area contributed by atoms with Crippen molar-refractivity contribution in [2.24, 2.45) is 0 Å². The molecule has 106 valence electrons. The highest BCUT2D eigenvalue weighted by Crippen LogP contribution is 2.11. The highest BCUT2D eigenvalue weighted by Gasteiger charge is 2.18. The van der Waals surface area contributed by atoms with E-state index < -0.39 is 0 Å². The Morgan fingerprint density at radius 1 is 1.21 bits per heavy atom. The predicted molar refractivity (Wildman–Crippen MR) is 77.1 cm³/mol. The summed E-state index contributed by atoms with van der Waals surface area (Å²) in [6.45, 7) is 8.61. The lowest BCUT2D eigenvalue weighted by Crippen LogP contribution is -2.46. The van der Waals surface area contributed by atoms with Crippen LogP contribution < -0.4 is 5.32 Å². The maximum atomic E-state index is 11.9. The van der Waals surface area contributed by atoms with Gasteiger partial charge in [0.2, 0.25) is 0 Å². The molecule has 4 nitrogen and oxygen atoms in total. The number of ether oxygens (including phenoxy) is 1.